The number of nitrogens with one attached hydrogen (secondary N) is 1. The quantitative estimate of drug-likeness (QED) is 0.917. The van der Waals surface area contributed by atoms with Crippen molar-refractivity contribution in [3.63, 3.8) is 0 Å². The molecule has 0 atom stereocenters. The van der Waals surface area contributed by atoms with Crippen LogP contribution in [0.5, 0.6) is 11.5 Å². The van der Waals surface area contributed by atoms with Gasteiger partial charge < -0.3 is 9.47 Å². The highest BCUT2D eigenvalue weighted by atomic mass is 16.5. The number of likely N-dealkylation sites (tertiary alicyclic amines) is 1. The molecule has 2 aromatic rings. The number of pyridine rings is 1. The number of nitrogen functional groups attached to an aromatic ring is 1. The molecule has 5 heteroatoms. The fraction of sp³-hybridized carbons (Fsp3) is 0.389. The van der Waals surface area contributed by atoms with Crippen molar-refractivity contribution in [2.75, 3.05) is 33.0 Å². The maximum Gasteiger partial charge on any atom is 0.270 e. The minimum Gasteiger partial charge on any atom is -0.496 e. The molecule has 1 saturated heterocycles. The van der Waals surface area contributed by atoms with Crippen LogP contribution in [0.15, 0.2) is 30.3 Å². The molecule has 0 unspecified atom stereocenters. The number of ether oxygens (including phenoxy) is 2. The molecule has 0 amide bonds. The summed E-state index contributed by atoms with van der Waals surface area (Å²) in [7, 11) is 3.78. The third-order valence-corrected chi connectivity index (χ3v) is 4.20. The molecule has 1 aliphatic heterocycles. The Balaban J connectivity index is 1.97. The lowest BCUT2D eigenvalue weighted by atomic mass is 10.0. The molecule has 3 N–H and O–H groups in total. The minimum atomic E-state index is 0.264. The second-order valence-electron chi connectivity index (χ2n) is 5.99. The van der Waals surface area contributed by atoms with Crippen LogP contribution >= 0.6 is 0 Å². The summed E-state index contributed by atoms with van der Waals surface area (Å²) in [5, 5.41) is 0. The van der Waals surface area contributed by atoms with Gasteiger partial charge >= 0.3 is 0 Å². The number of rotatable bonds is 5. The third-order valence-electron chi connectivity index (χ3n) is 4.20. The first kappa shape index (κ1) is 15.6. The zero-order chi connectivity index (χ0) is 16.4. The van der Waals surface area contributed by atoms with E-state index in [0.717, 1.165) is 42.3 Å². The van der Waals surface area contributed by atoms with Crippen molar-refractivity contribution >= 4 is 5.82 Å². The van der Waals surface area contributed by atoms with Gasteiger partial charge in [-0.15, -0.1) is 0 Å². The molecule has 1 fully saturated rings. The lowest BCUT2D eigenvalue weighted by Gasteiger charge is -2.36. The Hall–Kier alpha value is -2.27. The van der Waals surface area contributed by atoms with Gasteiger partial charge in [0.25, 0.3) is 5.82 Å². The third kappa shape index (κ3) is 3.24. The normalized spacial score (nSPS) is 15.3. The van der Waals surface area contributed by atoms with Gasteiger partial charge in [-0.2, -0.15) is 0 Å². The van der Waals surface area contributed by atoms with Gasteiger partial charge in [0.15, 0.2) is 0 Å². The van der Waals surface area contributed by atoms with Crippen molar-refractivity contribution in [1.82, 2.24) is 4.90 Å². The van der Waals surface area contributed by atoms with Crippen LogP contribution in [0.25, 0.3) is 11.3 Å². The van der Waals surface area contributed by atoms with Crippen molar-refractivity contribution in [2.45, 2.75) is 19.4 Å². The fourth-order valence-electron chi connectivity index (χ4n) is 2.91. The molecule has 0 radical (unpaired) electrons. The summed E-state index contributed by atoms with van der Waals surface area (Å²) in [6.07, 6.45) is 1.16. The molecule has 3 rings (SSSR count). The van der Waals surface area contributed by atoms with E-state index in [4.69, 9.17) is 15.2 Å². The standard InChI is InChI=1S/C18H23N3O2/c1-4-12-8-14(15-6-5-7-18(19)20-15)17(22-3)9-16(12)23-13-10-21(2)11-13/h5-9,13H,4,10-11H2,1-3H3,(H2,19,20)/p+1. The van der Waals surface area contributed by atoms with Crippen LogP contribution in [-0.2, 0) is 6.42 Å². The number of likely N-dealkylation sites (N-methyl/N-ethyl adjacent to an activating group) is 1. The molecule has 2 heterocycles. The highest BCUT2D eigenvalue weighted by Gasteiger charge is 2.26. The summed E-state index contributed by atoms with van der Waals surface area (Å²) in [6, 6.07) is 9.88. The molecule has 1 aromatic carbocycles. The second-order valence-corrected chi connectivity index (χ2v) is 5.99. The zero-order valence-electron chi connectivity index (χ0n) is 13.9. The Morgan fingerprint density at radius 2 is 2.04 bits per heavy atom. The van der Waals surface area contributed by atoms with Crippen LogP contribution in [0, 0.1) is 0 Å². The number of aromatic amines is 1. The SMILES string of the molecule is CCc1cc(-c2cccc(N)[nH+]2)c(OC)cc1OC1CN(C)C1. The number of hydrogen-bond acceptors (Lipinski definition) is 4. The van der Waals surface area contributed by atoms with Crippen molar-refractivity contribution in [2.24, 2.45) is 0 Å². The molecule has 5 nitrogen and oxygen atoms in total. The number of nitrogens with zero attached hydrogens (tertiary/aromatic N) is 1. The fourth-order valence-corrected chi connectivity index (χ4v) is 2.91. The predicted octanol–water partition coefficient (Wildman–Crippen LogP) is 2.01. The smallest absolute Gasteiger partial charge is 0.270 e. The summed E-state index contributed by atoms with van der Waals surface area (Å²) in [5.74, 6) is 2.32. The molecular formula is C18H24N3O2+. The summed E-state index contributed by atoms with van der Waals surface area (Å²) in [6.45, 7) is 4.07. The monoisotopic (exact) mass is 314 g/mol. The van der Waals surface area contributed by atoms with E-state index in [1.165, 1.54) is 5.56 Å². The summed E-state index contributed by atoms with van der Waals surface area (Å²) in [4.78, 5) is 5.43. The Morgan fingerprint density at radius 3 is 2.65 bits per heavy atom. The van der Waals surface area contributed by atoms with E-state index in [1.807, 2.05) is 24.3 Å². The van der Waals surface area contributed by atoms with E-state index < -0.39 is 0 Å². The highest BCUT2D eigenvalue weighted by molar-refractivity contribution is 5.68. The number of nitrogens with two attached hydrogens (primary N) is 1. The largest absolute Gasteiger partial charge is 0.496 e. The van der Waals surface area contributed by atoms with Crippen molar-refractivity contribution in [3.8, 4) is 22.8 Å². The van der Waals surface area contributed by atoms with Crippen molar-refractivity contribution in [3.05, 3.63) is 35.9 Å². The number of methoxy groups -OCH3 is 1. The van der Waals surface area contributed by atoms with Crippen molar-refractivity contribution in [1.29, 1.82) is 0 Å². The van der Waals surface area contributed by atoms with Gasteiger partial charge in [0, 0.05) is 25.2 Å². The highest BCUT2D eigenvalue weighted by Crippen LogP contribution is 2.36. The van der Waals surface area contributed by atoms with E-state index in [1.54, 1.807) is 7.11 Å². The molecule has 0 spiro atoms. The molecule has 1 aliphatic rings. The van der Waals surface area contributed by atoms with Gasteiger partial charge in [-0.1, -0.05) is 6.92 Å². The van der Waals surface area contributed by atoms with Crippen LogP contribution in [0.3, 0.4) is 0 Å². The second kappa shape index (κ2) is 6.46. The Morgan fingerprint density at radius 1 is 1.26 bits per heavy atom. The number of aryl methyl sites for hydroxylation is 1. The number of anilines is 1. The molecule has 0 saturated carbocycles. The van der Waals surface area contributed by atoms with E-state index in [0.29, 0.717) is 5.82 Å². The summed E-state index contributed by atoms with van der Waals surface area (Å²) in [5.41, 5.74) is 8.97. The minimum absolute atomic E-state index is 0.264. The lowest BCUT2D eigenvalue weighted by Crippen LogP contribution is -2.51. The molecule has 0 bridgehead atoms. The van der Waals surface area contributed by atoms with Gasteiger partial charge in [0.2, 0.25) is 0 Å². The topological polar surface area (TPSA) is 61.9 Å². The van der Waals surface area contributed by atoms with Gasteiger partial charge in [-0.25, -0.2) is 4.98 Å². The van der Waals surface area contributed by atoms with Gasteiger partial charge in [-0.3, -0.25) is 10.6 Å². The number of hydrogen-bond donors (Lipinski definition) is 1. The van der Waals surface area contributed by atoms with E-state index in [-0.39, 0.29) is 6.10 Å². The number of benzene rings is 1. The van der Waals surface area contributed by atoms with Gasteiger partial charge in [0.05, 0.1) is 12.7 Å². The van der Waals surface area contributed by atoms with Crippen LogP contribution in [-0.4, -0.2) is 38.3 Å². The van der Waals surface area contributed by atoms with Gasteiger partial charge in [-0.05, 0) is 37.2 Å². The molecule has 122 valence electrons. The average molecular weight is 314 g/mol. The van der Waals surface area contributed by atoms with E-state index >= 15 is 0 Å². The average Bonchev–Trinajstić information content (AvgIpc) is 2.52. The number of aromatic nitrogens is 1. The maximum absolute atomic E-state index is 6.14. The van der Waals surface area contributed by atoms with Crippen LogP contribution < -0.4 is 20.2 Å². The number of H-pyrrole nitrogens is 1. The van der Waals surface area contributed by atoms with E-state index in [2.05, 4.69) is 29.9 Å². The first-order chi connectivity index (χ1) is 11.1. The maximum atomic E-state index is 6.14. The molecule has 23 heavy (non-hydrogen) atoms. The Kier molecular flexibility index (Phi) is 4.39. The Labute approximate surface area is 137 Å². The predicted molar refractivity (Wildman–Crippen MR) is 90.7 cm³/mol. The first-order valence-electron chi connectivity index (χ1n) is 7.95. The van der Waals surface area contributed by atoms with Crippen LogP contribution in [0.4, 0.5) is 5.82 Å². The van der Waals surface area contributed by atoms with Crippen molar-refractivity contribution < 1.29 is 14.5 Å². The van der Waals surface area contributed by atoms with E-state index in [9.17, 15) is 0 Å². The molecular weight excluding hydrogens is 290 g/mol. The summed E-state index contributed by atoms with van der Waals surface area (Å²) < 4.78 is 11.7. The van der Waals surface area contributed by atoms with Crippen LogP contribution in [0.1, 0.15) is 12.5 Å². The first-order valence-corrected chi connectivity index (χ1v) is 7.95. The van der Waals surface area contributed by atoms with Gasteiger partial charge in [0.1, 0.15) is 23.3 Å². The lowest BCUT2D eigenvalue weighted by molar-refractivity contribution is -0.346. The van der Waals surface area contributed by atoms with Crippen LogP contribution in [0.2, 0.25) is 0 Å². The molecule has 0 aliphatic carbocycles. The summed E-state index contributed by atoms with van der Waals surface area (Å²) >= 11 is 0. The zero-order valence-corrected chi connectivity index (χ0v) is 13.9. The molecule has 1 aromatic heterocycles. The Bertz CT molecular complexity index is 697.